The average Bonchev–Trinajstić information content (AvgIpc) is 2.41. The number of halogens is 6. The summed E-state index contributed by atoms with van der Waals surface area (Å²) in [5, 5.41) is 2.93. The van der Waals surface area contributed by atoms with Gasteiger partial charge in [0.1, 0.15) is 17.7 Å². The molecule has 1 N–H and O–H groups in total. The Bertz CT molecular complexity index is 730. The second kappa shape index (κ2) is 7.45. The SMILES string of the molecule is Cl.Fc1cc(F)cc(-c2ccc(OC3CNC3)c(OC(F)(F)F)c2)c1. The Morgan fingerprint density at radius 1 is 0.880 bits per heavy atom. The predicted molar refractivity (Wildman–Crippen MR) is 83.0 cm³/mol. The molecule has 136 valence electrons. The number of rotatable bonds is 4. The molecule has 2 aromatic rings. The van der Waals surface area contributed by atoms with E-state index in [4.69, 9.17) is 4.74 Å². The van der Waals surface area contributed by atoms with Crippen molar-refractivity contribution >= 4 is 12.4 Å². The van der Waals surface area contributed by atoms with E-state index in [1.165, 1.54) is 12.1 Å². The summed E-state index contributed by atoms with van der Waals surface area (Å²) in [5.74, 6) is -2.30. The summed E-state index contributed by atoms with van der Waals surface area (Å²) >= 11 is 0. The Morgan fingerprint density at radius 3 is 2.04 bits per heavy atom. The van der Waals surface area contributed by atoms with E-state index in [0.717, 1.165) is 18.2 Å². The molecule has 1 aliphatic rings. The summed E-state index contributed by atoms with van der Waals surface area (Å²) in [4.78, 5) is 0. The van der Waals surface area contributed by atoms with Crippen molar-refractivity contribution in [1.29, 1.82) is 0 Å². The molecule has 2 aromatic carbocycles. The summed E-state index contributed by atoms with van der Waals surface area (Å²) in [6, 6.07) is 6.47. The number of alkyl halides is 3. The largest absolute Gasteiger partial charge is 0.573 e. The minimum Gasteiger partial charge on any atom is -0.484 e. The van der Waals surface area contributed by atoms with Gasteiger partial charge >= 0.3 is 6.36 Å². The van der Waals surface area contributed by atoms with Gasteiger partial charge in [-0.2, -0.15) is 0 Å². The van der Waals surface area contributed by atoms with E-state index in [1.807, 2.05) is 0 Å². The van der Waals surface area contributed by atoms with Crippen molar-refractivity contribution in [3.05, 3.63) is 48.0 Å². The van der Waals surface area contributed by atoms with Crippen molar-refractivity contribution in [1.82, 2.24) is 5.32 Å². The van der Waals surface area contributed by atoms with Crippen LogP contribution in [-0.2, 0) is 0 Å². The Balaban J connectivity index is 0.00000225. The molecule has 3 rings (SSSR count). The number of nitrogens with one attached hydrogen (secondary N) is 1. The molecule has 9 heteroatoms. The fourth-order valence-corrected chi connectivity index (χ4v) is 2.24. The van der Waals surface area contributed by atoms with Gasteiger partial charge in [-0.05, 0) is 35.4 Å². The van der Waals surface area contributed by atoms with Gasteiger partial charge in [-0.1, -0.05) is 6.07 Å². The molecule has 1 heterocycles. The van der Waals surface area contributed by atoms with Crippen LogP contribution in [0.4, 0.5) is 22.0 Å². The van der Waals surface area contributed by atoms with Crippen LogP contribution < -0.4 is 14.8 Å². The molecule has 0 aromatic heterocycles. The first-order chi connectivity index (χ1) is 11.3. The van der Waals surface area contributed by atoms with Gasteiger partial charge in [-0.15, -0.1) is 25.6 Å². The lowest BCUT2D eigenvalue weighted by molar-refractivity contribution is -0.275. The molecule has 0 atom stereocenters. The zero-order valence-corrected chi connectivity index (χ0v) is 13.4. The fourth-order valence-electron chi connectivity index (χ4n) is 2.24. The maximum Gasteiger partial charge on any atom is 0.573 e. The zero-order chi connectivity index (χ0) is 17.3. The van der Waals surface area contributed by atoms with E-state index in [9.17, 15) is 22.0 Å². The van der Waals surface area contributed by atoms with E-state index < -0.39 is 23.7 Å². The molecule has 3 nitrogen and oxygen atoms in total. The maximum atomic E-state index is 13.3. The minimum atomic E-state index is -4.91. The normalized spacial score (nSPS) is 14.4. The van der Waals surface area contributed by atoms with Gasteiger partial charge in [-0.3, -0.25) is 0 Å². The highest BCUT2D eigenvalue weighted by Gasteiger charge is 2.33. The van der Waals surface area contributed by atoms with Crippen LogP contribution in [0.1, 0.15) is 0 Å². The third-order valence-electron chi connectivity index (χ3n) is 3.40. The van der Waals surface area contributed by atoms with E-state index in [0.29, 0.717) is 19.2 Å². The van der Waals surface area contributed by atoms with Crippen LogP contribution in [-0.4, -0.2) is 25.6 Å². The summed E-state index contributed by atoms with van der Waals surface area (Å²) < 4.78 is 73.9. The highest BCUT2D eigenvalue weighted by molar-refractivity contribution is 5.85. The summed E-state index contributed by atoms with van der Waals surface area (Å²) in [6.45, 7) is 1.03. The van der Waals surface area contributed by atoms with E-state index in [-0.39, 0.29) is 35.4 Å². The van der Waals surface area contributed by atoms with Crippen LogP contribution in [0, 0.1) is 11.6 Å². The van der Waals surface area contributed by atoms with Crippen LogP contribution in [0.15, 0.2) is 36.4 Å². The second-order valence-electron chi connectivity index (χ2n) is 5.27. The Labute approximate surface area is 146 Å². The molecule has 0 aliphatic carbocycles. The molecule has 1 saturated heterocycles. The highest BCUT2D eigenvalue weighted by atomic mass is 35.5. The van der Waals surface area contributed by atoms with Gasteiger partial charge in [0.05, 0.1) is 0 Å². The first-order valence-corrected chi connectivity index (χ1v) is 7.04. The molecule has 0 radical (unpaired) electrons. The van der Waals surface area contributed by atoms with Gasteiger partial charge in [-0.25, -0.2) is 8.78 Å². The lowest BCUT2D eigenvalue weighted by Gasteiger charge is -2.28. The average molecular weight is 382 g/mol. The molecule has 0 amide bonds. The van der Waals surface area contributed by atoms with Gasteiger partial charge in [0.2, 0.25) is 0 Å². The lowest BCUT2D eigenvalue weighted by Crippen LogP contribution is -2.50. The monoisotopic (exact) mass is 381 g/mol. The molecular weight excluding hydrogens is 369 g/mol. The van der Waals surface area contributed by atoms with Crippen molar-refractivity contribution in [3.63, 3.8) is 0 Å². The van der Waals surface area contributed by atoms with Crippen LogP contribution in [0.5, 0.6) is 11.5 Å². The van der Waals surface area contributed by atoms with E-state index in [1.54, 1.807) is 0 Å². The number of hydrogen-bond donors (Lipinski definition) is 1. The Morgan fingerprint density at radius 2 is 1.52 bits per heavy atom. The fraction of sp³-hybridized carbons (Fsp3) is 0.250. The van der Waals surface area contributed by atoms with Crippen molar-refractivity contribution < 1.29 is 31.4 Å². The molecular formula is C16H13ClF5NO2. The number of benzene rings is 2. The highest BCUT2D eigenvalue weighted by Crippen LogP contribution is 2.37. The maximum absolute atomic E-state index is 13.3. The topological polar surface area (TPSA) is 30.5 Å². The predicted octanol–water partition coefficient (Wildman–Crippen LogP) is 4.30. The molecule has 1 fully saturated rings. The smallest absolute Gasteiger partial charge is 0.484 e. The first kappa shape index (κ1) is 19.3. The Hall–Kier alpha value is -2.06. The van der Waals surface area contributed by atoms with Crippen molar-refractivity contribution in [2.75, 3.05) is 13.1 Å². The standard InChI is InChI=1S/C16H12F5NO2.ClH/c17-11-3-10(4-12(18)6-11)9-1-2-14(23-13-7-22-8-13)15(5-9)24-16(19,20)21;/h1-6,13,22H,7-8H2;1H. The second-order valence-corrected chi connectivity index (χ2v) is 5.27. The minimum absolute atomic E-state index is 0. The van der Waals surface area contributed by atoms with E-state index in [2.05, 4.69) is 10.1 Å². The number of ether oxygens (including phenoxy) is 2. The van der Waals surface area contributed by atoms with Crippen LogP contribution >= 0.6 is 12.4 Å². The molecule has 0 saturated carbocycles. The summed E-state index contributed by atoms with van der Waals surface area (Å²) in [6.07, 6.45) is -5.17. The van der Waals surface area contributed by atoms with Crippen LogP contribution in [0.2, 0.25) is 0 Å². The van der Waals surface area contributed by atoms with Gasteiger partial charge < -0.3 is 14.8 Å². The molecule has 25 heavy (non-hydrogen) atoms. The third kappa shape index (κ3) is 4.96. The van der Waals surface area contributed by atoms with Gasteiger partial charge in [0.25, 0.3) is 0 Å². The van der Waals surface area contributed by atoms with Gasteiger partial charge in [0.15, 0.2) is 11.5 Å². The number of hydrogen-bond acceptors (Lipinski definition) is 3. The van der Waals surface area contributed by atoms with Crippen LogP contribution in [0.25, 0.3) is 11.1 Å². The van der Waals surface area contributed by atoms with Crippen molar-refractivity contribution in [2.45, 2.75) is 12.5 Å². The van der Waals surface area contributed by atoms with Crippen LogP contribution in [0.3, 0.4) is 0 Å². The summed E-state index contributed by atoms with van der Waals surface area (Å²) in [5.41, 5.74) is 0.267. The molecule has 0 bridgehead atoms. The molecule has 1 aliphatic heterocycles. The van der Waals surface area contributed by atoms with Crippen molar-refractivity contribution in [2.24, 2.45) is 0 Å². The Kier molecular flexibility index (Phi) is 5.74. The quantitative estimate of drug-likeness (QED) is 0.801. The van der Waals surface area contributed by atoms with Gasteiger partial charge in [0, 0.05) is 19.2 Å². The first-order valence-electron chi connectivity index (χ1n) is 7.04. The summed E-state index contributed by atoms with van der Waals surface area (Å²) in [7, 11) is 0. The zero-order valence-electron chi connectivity index (χ0n) is 12.6. The van der Waals surface area contributed by atoms with Crippen molar-refractivity contribution in [3.8, 4) is 22.6 Å². The van der Waals surface area contributed by atoms with E-state index >= 15 is 0 Å². The molecule has 0 unspecified atom stereocenters. The third-order valence-corrected chi connectivity index (χ3v) is 3.40. The molecule has 0 spiro atoms. The lowest BCUT2D eigenvalue weighted by atomic mass is 10.0.